The molecule has 0 aromatic heterocycles. The highest BCUT2D eigenvalue weighted by Gasteiger charge is 2.06. The molecule has 4 nitrogen and oxygen atoms in total. The Balaban J connectivity index is 3.09. The lowest BCUT2D eigenvalue weighted by Crippen LogP contribution is -2.08. The van der Waals surface area contributed by atoms with E-state index in [0.717, 1.165) is 5.70 Å². The minimum Gasteiger partial charge on any atom is -0.439 e. The summed E-state index contributed by atoms with van der Waals surface area (Å²) in [6.45, 7) is 8.04. The second kappa shape index (κ2) is 8.04. The SMILES string of the molecule is C\C=C/C(=N\C(=C/C)C(C)C)Oc1ccc(N)c(C=N)c1. The number of anilines is 1. The summed E-state index contributed by atoms with van der Waals surface area (Å²) in [6, 6.07) is 5.22. The maximum absolute atomic E-state index is 7.33. The summed E-state index contributed by atoms with van der Waals surface area (Å²) in [5.74, 6) is 1.45. The Morgan fingerprint density at radius 1 is 1.33 bits per heavy atom. The first kappa shape index (κ1) is 16.7. The van der Waals surface area contributed by atoms with Crippen LogP contribution < -0.4 is 10.5 Å². The molecule has 0 fully saturated rings. The van der Waals surface area contributed by atoms with E-state index in [0.29, 0.717) is 28.8 Å². The average Bonchev–Trinajstić information content (AvgIpc) is 2.46. The topological polar surface area (TPSA) is 71.5 Å². The van der Waals surface area contributed by atoms with E-state index in [2.05, 4.69) is 18.8 Å². The molecule has 1 rings (SSSR count). The standard InChI is InChI=1S/C17H23N3O/c1-5-7-17(20-16(6-2)12(3)4)21-14-8-9-15(19)13(10-14)11-18/h5-12,18H,19H2,1-4H3/b7-5-,16-6-,18-11?,20-17+. The molecule has 0 bridgehead atoms. The van der Waals surface area contributed by atoms with Crippen LogP contribution in [-0.2, 0) is 0 Å². The highest BCUT2D eigenvalue weighted by Crippen LogP contribution is 2.19. The molecule has 1 aromatic rings. The van der Waals surface area contributed by atoms with Crippen molar-refractivity contribution in [2.24, 2.45) is 10.9 Å². The number of benzene rings is 1. The number of hydrogen-bond donors (Lipinski definition) is 2. The van der Waals surface area contributed by atoms with Crippen LogP contribution in [0.4, 0.5) is 5.69 Å². The van der Waals surface area contributed by atoms with Crippen LogP contribution in [0.3, 0.4) is 0 Å². The molecular formula is C17H23N3O. The van der Waals surface area contributed by atoms with Crippen molar-refractivity contribution in [3.05, 3.63) is 47.7 Å². The molecule has 0 radical (unpaired) electrons. The monoisotopic (exact) mass is 285 g/mol. The van der Waals surface area contributed by atoms with Gasteiger partial charge in [0.1, 0.15) is 5.75 Å². The predicted molar refractivity (Wildman–Crippen MR) is 90.2 cm³/mol. The second-order valence-corrected chi connectivity index (χ2v) is 4.86. The number of hydrogen-bond acceptors (Lipinski definition) is 4. The lowest BCUT2D eigenvalue weighted by molar-refractivity contribution is 0.551. The van der Waals surface area contributed by atoms with Crippen molar-refractivity contribution in [1.82, 2.24) is 0 Å². The number of aliphatic imine (C=N–C) groups is 1. The zero-order chi connectivity index (χ0) is 15.8. The van der Waals surface area contributed by atoms with Gasteiger partial charge in [0.05, 0.1) is 0 Å². The average molecular weight is 285 g/mol. The third-order valence-corrected chi connectivity index (χ3v) is 2.87. The van der Waals surface area contributed by atoms with Gasteiger partial charge in [-0.25, -0.2) is 4.99 Å². The molecule has 1 aromatic carbocycles. The summed E-state index contributed by atoms with van der Waals surface area (Å²) in [4.78, 5) is 4.54. The zero-order valence-corrected chi connectivity index (χ0v) is 13.1. The highest BCUT2D eigenvalue weighted by atomic mass is 16.5. The molecule has 0 saturated carbocycles. The van der Waals surface area contributed by atoms with Crippen molar-refractivity contribution in [3.63, 3.8) is 0 Å². The molecule has 0 amide bonds. The summed E-state index contributed by atoms with van der Waals surface area (Å²) >= 11 is 0. The fourth-order valence-corrected chi connectivity index (χ4v) is 1.75. The van der Waals surface area contributed by atoms with Gasteiger partial charge in [0.2, 0.25) is 5.90 Å². The Hall–Kier alpha value is -2.36. The maximum atomic E-state index is 7.33. The Labute approximate surface area is 126 Å². The van der Waals surface area contributed by atoms with Gasteiger partial charge in [-0.15, -0.1) is 0 Å². The predicted octanol–water partition coefficient (Wildman–Crippen LogP) is 4.18. The third-order valence-electron chi connectivity index (χ3n) is 2.87. The molecule has 3 N–H and O–H groups in total. The number of ether oxygens (including phenoxy) is 1. The van der Waals surface area contributed by atoms with Gasteiger partial charge in [-0.3, -0.25) is 0 Å². The Morgan fingerprint density at radius 3 is 2.57 bits per heavy atom. The van der Waals surface area contributed by atoms with Gasteiger partial charge in [-0.1, -0.05) is 26.0 Å². The summed E-state index contributed by atoms with van der Waals surface area (Å²) in [7, 11) is 0. The first-order valence-electron chi connectivity index (χ1n) is 6.97. The van der Waals surface area contributed by atoms with Crippen LogP contribution in [0.25, 0.3) is 0 Å². The molecule has 0 atom stereocenters. The van der Waals surface area contributed by atoms with Crippen LogP contribution in [0.15, 0.2) is 47.1 Å². The molecular weight excluding hydrogens is 262 g/mol. The summed E-state index contributed by atoms with van der Waals surface area (Å²) < 4.78 is 5.80. The van der Waals surface area contributed by atoms with Crippen LogP contribution in [0.1, 0.15) is 33.3 Å². The van der Waals surface area contributed by atoms with Crippen LogP contribution in [0.5, 0.6) is 5.75 Å². The smallest absolute Gasteiger partial charge is 0.219 e. The minimum atomic E-state index is 0.322. The molecule has 0 aliphatic carbocycles. The largest absolute Gasteiger partial charge is 0.439 e. The number of nitrogens with two attached hydrogens (primary N) is 1. The van der Waals surface area contributed by atoms with Crippen molar-refractivity contribution in [3.8, 4) is 5.75 Å². The highest BCUT2D eigenvalue weighted by molar-refractivity contribution is 5.91. The van der Waals surface area contributed by atoms with E-state index in [4.69, 9.17) is 15.9 Å². The molecule has 4 heteroatoms. The number of rotatable bonds is 5. The van der Waals surface area contributed by atoms with Gasteiger partial charge in [0.15, 0.2) is 0 Å². The minimum absolute atomic E-state index is 0.322. The van der Waals surface area contributed by atoms with Crippen molar-refractivity contribution in [2.45, 2.75) is 27.7 Å². The summed E-state index contributed by atoms with van der Waals surface area (Å²) in [6.07, 6.45) is 6.87. The van der Waals surface area contributed by atoms with Gasteiger partial charge in [0.25, 0.3) is 0 Å². The van der Waals surface area contributed by atoms with E-state index in [1.54, 1.807) is 18.2 Å². The first-order chi connectivity index (χ1) is 10.0. The molecule has 112 valence electrons. The van der Waals surface area contributed by atoms with Crippen LogP contribution in [0.2, 0.25) is 0 Å². The summed E-state index contributed by atoms with van der Waals surface area (Å²) in [5.41, 5.74) is 7.92. The normalized spacial score (nSPS) is 13.0. The van der Waals surface area contributed by atoms with Gasteiger partial charge < -0.3 is 15.9 Å². The van der Waals surface area contributed by atoms with Gasteiger partial charge in [-0.05, 0) is 44.0 Å². The van der Waals surface area contributed by atoms with Crippen molar-refractivity contribution in [2.75, 3.05) is 5.73 Å². The fourth-order valence-electron chi connectivity index (χ4n) is 1.75. The number of nitrogens with zero attached hydrogens (tertiary/aromatic N) is 1. The number of nitrogens with one attached hydrogen (secondary N) is 1. The van der Waals surface area contributed by atoms with E-state index >= 15 is 0 Å². The van der Waals surface area contributed by atoms with E-state index in [-0.39, 0.29) is 0 Å². The molecule has 0 spiro atoms. The zero-order valence-electron chi connectivity index (χ0n) is 13.1. The lowest BCUT2D eigenvalue weighted by Gasteiger charge is -2.10. The van der Waals surface area contributed by atoms with Crippen molar-refractivity contribution >= 4 is 17.8 Å². The van der Waals surface area contributed by atoms with E-state index < -0.39 is 0 Å². The molecule has 0 saturated heterocycles. The Bertz CT molecular complexity index is 584. The van der Waals surface area contributed by atoms with Crippen molar-refractivity contribution < 1.29 is 4.74 Å². The molecule has 0 aliphatic rings. The van der Waals surface area contributed by atoms with Gasteiger partial charge in [-0.2, -0.15) is 0 Å². The second-order valence-electron chi connectivity index (χ2n) is 4.86. The third kappa shape index (κ3) is 4.91. The van der Waals surface area contributed by atoms with Crippen LogP contribution in [-0.4, -0.2) is 12.1 Å². The number of nitrogen functional groups attached to an aromatic ring is 1. The quantitative estimate of drug-likeness (QED) is 0.484. The Kier molecular flexibility index (Phi) is 6.40. The molecule has 0 unspecified atom stereocenters. The van der Waals surface area contributed by atoms with E-state index in [1.165, 1.54) is 6.21 Å². The number of allylic oxidation sites excluding steroid dienone is 3. The molecule has 21 heavy (non-hydrogen) atoms. The maximum Gasteiger partial charge on any atom is 0.219 e. The lowest BCUT2D eigenvalue weighted by atomic mass is 10.1. The van der Waals surface area contributed by atoms with Crippen LogP contribution >= 0.6 is 0 Å². The van der Waals surface area contributed by atoms with E-state index in [1.807, 2.05) is 32.1 Å². The van der Waals surface area contributed by atoms with Gasteiger partial charge >= 0.3 is 0 Å². The van der Waals surface area contributed by atoms with E-state index in [9.17, 15) is 0 Å². The fraction of sp³-hybridized carbons (Fsp3) is 0.294. The van der Waals surface area contributed by atoms with Crippen LogP contribution in [0, 0.1) is 11.3 Å². The first-order valence-corrected chi connectivity index (χ1v) is 6.97. The summed E-state index contributed by atoms with van der Waals surface area (Å²) in [5, 5.41) is 7.33. The molecule has 0 aliphatic heterocycles. The Morgan fingerprint density at radius 2 is 2.05 bits per heavy atom. The van der Waals surface area contributed by atoms with Crippen molar-refractivity contribution in [1.29, 1.82) is 5.41 Å². The molecule has 0 heterocycles. The van der Waals surface area contributed by atoms with Gasteiger partial charge in [0, 0.05) is 23.2 Å².